The van der Waals surface area contributed by atoms with Crippen LogP contribution in [0, 0.1) is 40.9 Å². The highest BCUT2D eigenvalue weighted by atomic mass is 35.5. The summed E-state index contributed by atoms with van der Waals surface area (Å²) in [5, 5.41) is 1.22. The van der Waals surface area contributed by atoms with E-state index in [0.29, 0.717) is 65.8 Å². The molecule has 2 aromatic rings. The number of rotatable bonds is 11. The number of allylic oxidation sites excluding steroid dienone is 2. The van der Waals surface area contributed by atoms with Gasteiger partial charge in [0.1, 0.15) is 12.2 Å². The fourth-order valence-electron chi connectivity index (χ4n) is 9.87. The second kappa shape index (κ2) is 16.4. The molecule has 14 heteroatoms. The zero-order valence-electron chi connectivity index (χ0n) is 33.7. The number of Topliss-reactive ketones (excluding diaryl/α,β-unsaturated/α-hetero) is 1. The van der Waals surface area contributed by atoms with Crippen molar-refractivity contribution in [3.63, 3.8) is 0 Å². The van der Waals surface area contributed by atoms with E-state index in [0.717, 1.165) is 32.1 Å². The predicted molar refractivity (Wildman–Crippen MR) is 217 cm³/mol. The number of ketones is 1. The summed E-state index contributed by atoms with van der Waals surface area (Å²) < 4.78 is 46.8. The van der Waals surface area contributed by atoms with Gasteiger partial charge >= 0.3 is 5.97 Å². The van der Waals surface area contributed by atoms with Gasteiger partial charge in [-0.15, -0.1) is 0 Å². The number of halogens is 1. The maximum absolute atomic E-state index is 15.0. The van der Waals surface area contributed by atoms with Crippen molar-refractivity contribution in [2.45, 2.75) is 128 Å². The van der Waals surface area contributed by atoms with Gasteiger partial charge in [-0.2, -0.15) is 4.98 Å². The molecule has 1 saturated heterocycles. The van der Waals surface area contributed by atoms with E-state index in [-0.39, 0.29) is 67.2 Å². The fraction of sp³-hybridized carbons (Fsp3) is 0.659. The van der Waals surface area contributed by atoms with Gasteiger partial charge in [0, 0.05) is 34.7 Å². The van der Waals surface area contributed by atoms with Crippen molar-refractivity contribution in [2.24, 2.45) is 40.9 Å². The minimum atomic E-state index is -3.86. The highest BCUT2D eigenvalue weighted by Gasteiger charge is 2.62. The van der Waals surface area contributed by atoms with Crippen molar-refractivity contribution in [3.05, 3.63) is 41.4 Å². The summed E-state index contributed by atoms with van der Waals surface area (Å²) >= 11 is 6.63. The number of carbonyl (C=O) groups excluding carboxylic acids is 4. The molecule has 8 rings (SSSR count). The van der Waals surface area contributed by atoms with Crippen molar-refractivity contribution < 1.29 is 41.8 Å². The van der Waals surface area contributed by atoms with Crippen LogP contribution in [-0.4, -0.2) is 78.5 Å². The van der Waals surface area contributed by atoms with Gasteiger partial charge in [-0.1, -0.05) is 50.6 Å². The molecule has 314 valence electrons. The van der Waals surface area contributed by atoms with E-state index in [1.807, 2.05) is 32.1 Å². The second-order valence-electron chi connectivity index (χ2n) is 18.2. The number of esters is 1. The summed E-state index contributed by atoms with van der Waals surface area (Å²) in [6.07, 6.45) is 10.2. The molecule has 1 aromatic heterocycles. The van der Waals surface area contributed by atoms with E-state index in [1.165, 1.54) is 6.42 Å². The van der Waals surface area contributed by atoms with Gasteiger partial charge in [-0.05, 0) is 106 Å². The Hall–Kier alpha value is -3.71. The van der Waals surface area contributed by atoms with Crippen molar-refractivity contribution in [2.75, 3.05) is 13.2 Å². The summed E-state index contributed by atoms with van der Waals surface area (Å²) in [4.78, 5) is 63.6. The molecular weight excluding hydrogens is 782 g/mol. The zero-order chi connectivity index (χ0) is 40.9. The third-order valence-electron chi connectivity index (χ3n) is 13.5. The number of hydrogen-bond donors (Lipinski definition) is 1. The lowest BCUT2D eigenvalue weighted by atomic mass is 9.82. The van der Waals surface area contributed by atoms with Crippen LogP contribution in [0.1, 0.15) is 104 Å². The summed E-state index contributed by atoms with van der Waals surface area (Å²) in [6, 6.07) is 6.19. The minimum absolute atomic E-state index is 0.0391. The van der Waals surface area contributed by atoms with Crippen LogP contribution < -0.4 is 14.2 Å². The Labute approximate surface area is 346 Å². The third kappa shape index (κ3) is 8.76. The normalized spacial score (nSPS) is 34.2. The fourth-order valence-corrected chi connectivity index (χ4v) is 11.5. The third-order valence-corrected chi connectivity index (χ3v) is 15.7. The number of carbonyl (C=O) groups is 4. The van der Waals surface area contributed by atoms with Crippen LogP contribution in [0.5, 0.6) is 11.8 Å². The average molecular weight is 838 g/mol. The predicted octanol–water partition coefficient (Wildman–Crippen LogP) is 6.96. The number of hydrogen-bond acceptors (Lipinski definition) is 10. The summed E-state index contributed by atoms with van der Waals surface area (Å²) in [7, 11) is -3.86. The number of pyridine rings is 1. The van der Waals surface area contributed by atoms with Gasteiger partial charge in [0.2, 0.25) is 33.6 Å². The lowest BCUT2D eigenvalue weighted by Gasteiger charge is -2.32. The number of benzene rings is 1. The van der Waals surface area contributed by atoms with Crippen LogP contribution in [0.4, 0.5) is 0 Å². The van der Waals surface area contributed by atoms with Crippen molar-refractivity contribution in [1.29, 1.82) is 0 Å². The van der Waals surface area contributed by atoms with Crippen LogP contribution in [0.25, 0.3) is 10.8 Å². The molecule has 2 aliphatic heterocycles. The first-order valence-electron chi connectivity index (χ1n) is 21.4. The molecule has 1 aromatic carbocycles. The number of sulfonamides is 1. The SMILES string of the molecule is CCCOc1cc2c(Cl)cccc2c(O[C@@H]2C[C@H]3C(=O)C[C@]4(C(=O)NS(=O)(=O)C5CC5)C[C@H]4/C=C\CC[C@@H](C)C[C@@H](C)[C@H](CC(=O)OC4CC5C[C@H]5C4)C(=O)N3C2)n1. The molecule has 6 aliphatic rings. The van der Waals surface area contributed by atoms with Gasteiger partial charge in [-0.3, -0.25) is 23.9 Å². The first kappa shape index (κ1) is 41.0. The Morgan fingerprint density at radius 2 is 1.79 bits per heavy atom. The van der Waals surface area contributed by atoms with E-state index in [4.69, 9.17) is 25.8 Å². The lowest BCUT2D eigenvalue weighted by molar-refractivity contribution is -0.155. The van der Waals surface area contributed by atoms with Crippen LogP contribution in [0.3, 0.4) is 0 Å². The van der Waals surface area contributed by atoms with E-state index in [1.54, 1.807) is 23.1 Å². The van der Waals surface area contributed by atoms with Crippen LogP contribution in [-0.2, 0) is 33.9 Å². The van der Waals surface area contributed by atoms with E-state index in [2.05, 4.69) is 16.6 Å². The summed E-state index contributed by atoms with van der Waals surface area (Å²) in [6.45, 7) is 6.60. The van der Waals surface area contributed by atoms with Gasteiger partial charge in [0.05, 0.1) is 42.2 Å². The van der Waals surface area contributed by atoms with E-state index < -0.39 is 50.6 Å². The topological polar surface area (TPSA) is 158 Å². The molecule has 12 nitrogen and oxygen atoms in total. The van der Waals surface area contributed by atoms with E-state index in [9.17, 15) is 22.8 Å². The van der Waals surface area contributed by atoms with Crippen molar-refractivity contribution in [1.82, 2.24) is 14.6 Å². The average Bonchev–Trinajstić information content (AvgIpc) is 4.14. The molecule has 1 N–H and O–H groups in total. The molecule has 2 amide bonds. The lowest BCUT2D eigenvalue weighted by Crippen LogP contribution is -2.47. The van der Waals surface area contributed by atoms with Crippen LogP contribution in [0.15, 0.2) is 36.4 Å². The molecule has 5 fully saturated rings. The molecule has 0 bridgehead atoms. The van der Waals surface area contributed by atoms with Crippen LogP contribution in [0.2, 0.25) is 5.02 Å². The number of ether oxygens (including phenoxy) is 3. The Balaban J connectivity index is 1.11. The number of nitrogens with zero attached hydrogens (tertiary/aromatic N) is 2. The first-order chi connectivity index (χ1) is 27.7. The molecular formula is C44H56ClN3O9S. The van der Waals surface area contributed by atoms with Gasteiger partial charge in [-0.25, -0.2) is 8.42 Å². The monoisotopic (exact) mass is 837 g/mol. The maximum Gasteiger partial charge on any atom is 0.306 e. The molecule has 4 saturated carbocycles. The Morgan fingerprint density at radius 1 is 1.02 bits per heavy atom. The number of fused-ring (bicyclic) bond motifs is 4. The summed E-state index contributed by atoms with van der Waals surface area (Å²) in [5.41, 5.74) is -1.26. The van der Waals surface area contributed by atoms with Gasteiger partial charge in [0.15, 0.2) is 5.78 Å². The Kier molecular flexibility index (Phi) is 11.6. The minimum Gasteiger partial charge on any atom is -0.478 e. The molecule has 58 heavy (non-hydrogen) atoms. The highest BCUT2D eigenvalue weighted by molar-refractivity contribution is 7.90. The molecule has 2 unspecified atom stereocenters. The molecule has 0 spiro atoms. The second-order valence-corrected chi connectivity index (χ2v) is 20.6. The Bertz CT molecular complexity index is 2080. The van der Waals surface area contributed by atoms with Gasteiger partial charge < -0.3 is 19.1 Å². The Morgan fingerprint density at radius 3 is 2.53 bits per heavy atom. The van der Waals surface area contributed by atoms with Crippen molar-refractivity contribution >= 4 is 56.0 Å². The maximum atomic E-state index is 15.0. The van der Waals surface area contributed by atoms with Crippen molar-refractivity contribution in [3.8, 4) is 11.8 Å². The highest BCUT2D eigenvalue weighted by Crippen LogP contribution is 2.57. The smallest absolute Gasteiger partial charge is 0.306 e. The quantitative estimate of drug-likeness (QED) is 0.185. The molecule has 3 heterocycles. The van der Waals surface area contributed by atoms with E-state index >= 15 is 4.79 Å². The van der Waals surface area contributed by atoms with Crippen LogP contribution >= 0.6 is 11.6 Å². The number of amides is 2. The summed E-state index contributed by atoms with van der Waals surface area (Å²) in [5.74, 6) is -0.947. The number of aromatic nitrogens is 1. The molecule has 0 radical (unpaired) electrons. The first-order valence-corrected chi connectivity index (χ1v) is 23.3. The molecule has 10 atom stereocenters. The largest absolute Gasteiger partial charge is 0.478 e. The number of nitrogens with one attached hydrogen (secondary N) is 1. The zero-order valence-corrected chi connectivity index (χ0v) is 35.3. The van der Waals surface area contributed by atoms with Gasteiger partial charge in [0.25, 0.3) is 0 Å². The standard InChI is InChI=1S/C44H56ClN3O9S/c1-4-14-55-39-20-35-33(10-7-11-36(35)45)41(46-39)57-31-19-37-38(49)23-44(43(52)47-58(53,54)32-12-13-32)22-29(44)9-6-5-8-25(2)15-26(3)34(42(51)48(37)24-31)21-40(50)56-30-17-27-16-28(27)18-30/h6-7,9-11,20,25-32,34,37H,4-5,8,12-19,21-24H2,1-3H3,(H,47,52)/b9-6-/t25-,26-,27+,28?,29-,30?,31-,34+,37+,44-/m1/s1. The molecule has 4 aliphatic carbocycles.